The highest BCUT2D eigenvalue weighted by molar-refractivity contribution is 7.92. The monoisotopic (exact) mass is 462 g/mol. The minimum atomic E-state index is -3.65. The molecule has 10 heteroatoms. The number of carbonyl (C=O) groups excluding carboxylic acids is 1. The number of hydrogen-bond acceptors (Lipinski definition) is 6. The Kier molecular flexibility index (Phi) is 9.01. The molecule has 9 nitrogen and oxygen atoms in total. The molecule has 2 aromatic rings. The molecule has 0 aliphatic heterocycles. The fourth-order valence-electron chi connectivity index (χ4n) is 3.33. The second-order valence-corrected chi connectivity index (χ2v) is 9.24. The number of nitro groups is 1. The molecular weight excluding hydrogens is 432 g/mol. The van der Waals surface area contributed by atoms with Crippen molar-refractivity contribution in [2.24, 2.45) is 0 Å². The van der Waals surface area contributed by atoms with Gasteiger partial charge in [0.05, 0.1) is 16.9 Å². The Morgan fingerprint density at radius 3 is 2.28 bits per heavy atom. The van der Waals surface area contributed by atoms with Crippen LogP contribution in [0.5, 0.6) is 0 Å². The predicted molar refractivity (Wildman–Crippen MR) is 126 cm³/mol. The molecule has 0 saturated heterocycles. The SMILES string of the molecule is CCN(CC)c1ccc(CNC(=O)CCCN(c2cccc([N+](=O)[O-])c2)S(C)(=O)=O)cc1. The molecule has 32 heavy (non-hydrogen) atoms. The fraction of sp³-hybridized carbons (Fsp3) is 0.409. The molecule has 0 atom stereocenters. The number of rotatable bonds is 12. The van der Waals surface area contributed by atoms with Gasteiger partial charge in [0.2, 0.25) is 15.9 Å². The van der Waals surface area contributed by atoms with Crippen LogP contribution in [0.1, 0.15) is 32.3 Å². The third kappa shape index (κ3) is 7.23. The lowest BCUT2D eigenvalue weighted by Gasteiger charge is -2.22. The molecular formula is C22H30N4O5S. The van der Waals surface area contributed by atoms with Gasteiger partial charge in [0, 0.05) is 50.4 Å². The molecule has 0 saturated carbocycles. The van der Waals surface area contributed by atoms with Crippen molar-refractivity contribution in [1.29, 1.82) is 0 Å². The molecule has 0 radical (unpaired) electrons. The van der Waals surface area contributed by atoms with Gasteiger partial charge in [0.1, 0.15) is 0 Å². The number of carbonyl (C=O) groups is 1. The molecule has 0 bridgehead atoms. The van der Waals surface area contributed by atoms with Gasteiger partial charge < -0.3 is 10.2 Å². The molecule has 2 rings (SSSR count). The van der Waals surface area contributed by atoms with E-state index in [9.17, 15) is 23.3 Å². The van der Waals surface area contributed by atoms with Crippen molar-refractivity contribution in [3.63, 3.8) is 0 Å². The fourth-order valence-corrected chi connectivity index (χ4v) is 4.29. The Balaban J connectivity index is 1.90. The minimum Gasteiger partial charge on any atom is -0.372 e. The smallest absolute Gasteiger partial charge is 0.271 e. The maximum absolute atomic E-state index is 12.2. The summed E-state index contributed by atoms with van der Waals surface area (Å²) in [6.07, 6.45) is 1.45. The standard InChI is InChI=1S/C22H30N4O5S/c1-4-24(5-2)19-13-11-18(12-14-19)17-23-22(27)10-7-15-25(32(3,30)31)20-8-6-9-21(16-20)26(28)29/h6,8-9,11-14,16H,4-5,7,10,15,17H2,1-3H3,(H,23,27). The van der Waals surface area contributed by atoms with Crippen LogP contribution in [0, 0.1) is 10.1 Å². The zero-order valence-corrected chi connectivity index (χ0v) is 19.5. The number of hydrogen-bond donors (Lipinski definition) is 1. The van der Waals surface area contributed by atoms with Gasteiger partial charge in [-0.05, 0) is 44.0 Å². The first-order chi connectivity index (χ1) is 15.2. The summed E-state index contributed by atoms with van der Waals surface area (Å²) in [5, 5.41) is 13.8. The average molecular weight is 463 g/mol. The largest absolute Gasteiger partial charge is 0.372 e. The lowest BCUT2D eigenvalue weighted by Crippen LogP contribution is -2.32. The highest BCUT2D eigenvalue weighted by Gasteiger charge is 2.19. The first kappa shape index (κ1) is 25.1. The lowest BCUT2D eigenvalue weighted by molar-refractivity contribution is -0.384. The van der Waals surface area contributed by atoms with Gasteiger partial charge in [-0.2, -0.15) is 0 Å². The van der Waals surface area contributed by atoms with Crippen molar-refractivity contribution in [3.8, 4) is 0 Å². The first-order valence-corrected chi connectivity index (χ1v) is 12.3. The van der Waals surface area contributed by atoms with Gasteiger partial charge in [-0.3, -0.25) is 19.2 Å². The highest BCUT2D eigenvalue weighted by Crippen LogP contribution is 2.23. The second-order valence-electron chi connectivity index (χ2n) is 7.33. The topological polar surface area (TPSA) is 113 Å². The van der Waals surface area contributed by atoms with E-state index in [4.69, 9.17) is 0 Å². The van der Waals surface area contributed by atoms with E-state index in [-0.39, 0.29) is 36.7 Å². The maximum Gasteiger partial charge on any atom is 0.271 e. The molecule has 174 valence electrons. The predicted octanol–water partition coefficient (Wildman–Crippen LogP) is 3.30. The van der Waals surface area contributed by atoms with Crippen LogP contribution in [0.3, 0.4) is 0 Å². The van der Waals surface area contributed by atoms with Crippen molar-refractivity contribution >= 4 is 33.0 Å². The Bertz CT molecular complexity index is 1020. The molecule has 1 amide bonds. The summed E-state index contributed by atoms with van der Waals surface area (Å²) < 4.78 is 25.4. The van der Waals surface area contributed by atoms with Crippen LogP contribution in [0.25, 0.3) is 0 Å². The van der Waals surface area contributed by atoms with Gasteiger partial charge in [-0.1, -0.05) is 18.2 Å². The van der Waals surface area contributed by atoms with E-state index in [0.717, 1.165) is 34.9 Å². The number of anilines is 2. The molecule has 0 aromatic heterocycles. The van der Waals surface area contributed by atoms with Crippen LogP contribution in [-0.2, 0) is 21.4 Å². The van der Waals surface area contributed by atoms with Crippen LogP contribution >= 0.6 is 0 Å². The van der Waals surface area contributed by atoms with Gasteiger partial charge >= 0.3 is 0 Å². The van der Waals surface area contributed by atoms with E-state index in [0.29, 0.717) is 6.54 Å². The van der Waals surface area contributed by atoms with E-state index in [2.05, 4.69) is 24.1 Å². The van der Waals surface area contributed by atoms with Crippen LogP contribution in [0.15, 0.2) is 48.5 Å². The second kappa shape index (κ2) is 11.5. The summed E-state index contributed by atoms with van der Waals surface area (Å²) in [7, 11) is -3.65. The molecule has 0 aliphatic rings. The number of sulfonamides is 1. The van der Waals surface area contributed by atoms with Crippen LogP contribution in [0.4, 0.5) is 17.1 Å². The van der Waals surface area contributed by atoms with Gasteiger partial charge in [0.15, 0.2) is 0 Å². The Labute approximate surface area is 189 Å². The Morgan fingerprint density at radius 2 is 1.72 bits per heavy atom. The summed E-state index contributed by atoms with van der Waals surface area (Å²) in [5.74, 6) is -0.190. The van der Waals surface area contributed by atoms with Crippen molar-refractivity contribution in [3.05, 3.63) is 64.2 Å². The summed E-state index contributed by atoms with van der Waals surface area (Å²) in [4.78, 5) is 24.9. The van der Waals surface area contributed by atoms with Crippen LogP contribution in [-0.4, -0.2) is 45.1 Å². The zero-order chi connectivity index (χ0) is 23.7. The van der Waals surface area contributed by atoms with Gasteiger partial charge in [0.25, 0.3) is 5.69 Å². The molecule has 0 fully saturated rings. The van der Waals surface area contributed by atoms with E-state index in [1.54, 1.807) is 0 Å². The third-order valence-electron chi connectivity index (χ3n) is 5.05. The van der Waals surface area contributed by atoms with Crippen molar-refractivity contribution < 1.29 is 18.1 Å². The average Bonchev–Trinajstić information content (AvgIpc) is 2.76. The van der Waals surface area contributed by atoms with Crippen molar-refractivity contribution in [1.82, 2.24) is 5.32 Å². The molecule has 2 aromatic carbocycles. The summed E-state index contributed by atoms with van der Waals surface area (Å²) >= 11 is 0. The number of nitro benzene ring substituents is 1. The quantitative estimate of drug-likeness (QED) is 0.382. The van der Waals surface area contributed by atoms with Crippen LogP contribution in [0.2, 0.25) is 0 Å². The molecule has 0 aliphatic carbocycles. The molecule has 0 spiro atoms. The van der Waals surface area contributed by atoms with Crippen molar-refractivity contribution in [2.75, 3.05) is 35.1 Å². The number of non-ortho nitro benzene ring substituents is 1. The summed E-state index contributed by atoms with van der Waals surface area (Å²) in [6.45, 7) is 6.48. The van der Waals surface area contributed by atoms with Crippen LogP contribution < -0.4 is 14.5 Å². The Hall–Kier alpha value is -3.14. The first-order valence-electron chi connectivity index (χ1n) is 10.5. The van der Waals surface area contributed by atoms with E-state index in [1.165, 1.54) is 24.3 Å². The van der Waals surface area contributed by atoms with E-state index in [1.807, 2.05) is 24.3 Å². The lowest BCUT2D eigenvalue weighted by atomic mass is 10.2. The van der Waals surface area contributed by atoms with E-state index >= 15 is 0 Å². The summed E-state index contributed by atoms with van der Waals surface area (Å²) in [5.41, 5.74) is 2.12. The number of nitrogens with one attached hydrogen (secondary N) is 1. The highest BCUT2D eigenvalue weighted by atomic mass is 32.2. The van der Waals surface area contributed by atoms with Gasteiger partial charge in [-0.25, -0.2) is 8.42 Å². The number of nitrogens with zero attached hydrogens (tertiary/aromatic N) is 3. The Morgan fingerprint density at radius 1 is 1.06 bits per heavy atom. The minimum absolute atomic E-state index is 0.0476. The normalized spacial score (nSPS) is 11.1. The van der Waals surface area contributed by atoms with Crippen molar-refractivity contribution in [2.45, 2.75) is 33.2 Å². The third-order valence-corrected chi connectivity index (χ3v) is 6.24. The van der Waals surface area contributed by atoms with Gasteiger partial charge in [-0.15, -0.1) is 0 Å². The summed E-state index contributed by atoms with van der Waals surface area (Å²) in [6, 6.07) is 13.4. The molecule has 1 N–H and O–H groups in total. The number of amides is 1. The zero-order valence-electron chi connectivity index (χ0n) is 18.7. The molecule has 0 unspecified atom stereocenters. The maximum atomic E-state index is 12.2. The molecule has 0 heterocycles. The number of benzene rings is 2. The van der Waals surface area contributed by atoms with E-state index < -0.39 is 14.9 Å².